The van der Waals surface area contributed by atoms with E-state index in [1.807, 2.05) is 6.92 Å². The summed E-state index contributed by atoms with van der Waals surface area (Å²) in [5.74, 6) is -0.428. The Morgan fingerprint density at radius 3 is 2.39 bits per heavy atom. The molecule has 0 bridgehead atoms. The number of benzene rings is 1. The van der Waals surface area contributed by atoms with E-state index >= 15 is 0 Å². The fraction of sp³-hybridized carbons (Fsp3) is 0.467. The largest absolute Gasteiger partial charge is 0.416 e. The highest BCUT2D eigenvalue weighted by atomic mass is 19.4. The average Bonchev–Trinajstić information content (AvgIpc) is 2.74. The number of carbonyl (C=O) groups is 2. The lowest BCUT2D eigenvalue weighted by Gasteiger charge is -2.18. The van der Waals surface area contributed by atoms with E-state index in [2.05, 4.69) is 5.32 Å². The van der Waals surface area contributed by atoms with Crippen LogP contribution >= 0.6 is 0 Å². The van der Waals surface area contributed by atoms with Gasteiger partial charge in [0.1, 0.15) is 6.04 Å². The molecule has 3 amide bonds. The number of hydrogen-bond acceptors (Lipinski definition) is 3. The normalized spacial score (nSPS) is 19.9. The van der Waals surface area contributed by atoms with Crippen LogP contribution in [0.4, 0.5) is 18.0 Å². The second-order valence-electron chi connectivity index (χ2n) is 5.38. The number of alkyl halides is 3. The number of aliphatic hydroxyl groups excluding tert-OH is 1. The standard InChI is InChI=1S/C15H17F3N2O3/c1-2-3-11-13(22)20(14(23)19-11)8-12(21)9-4-6-10(7-5-9)15(16,17)18/h4-7,11-12,21H,2-3,8H2,1H3,(H,19,23). The summed E-state index contributed by atoms with van der Waals surface area (Å²) in [6.45, 7) is 1.58. The molecule has 2 rings (SSSR count). The van der Waals surface area contributed by atoms with Crippen molar-refractivity contribution < 1.29 is 27.9 Å². The molecule has 0 saturated carbocycles. The zero-order chi connectivity index (χ0) is 17.2. The molecular weight excluding hydrogens is 313 g/mol. The van der Waals surface area contributed by atoms with Gasteiger partial charge in [-0.05, 0) is 24.1 Å². The zero-order valence-electron chi connectivity index (χ0n) is 12.4. The van der Waals surface area contributed by atoms with Crippen molar-refractivity contribution in [1.29, 1.82) is 0 Å². The lowest BCUT2D eigenvalue weighted by molar-refractivity contribution is -0.137. The van der Waals surface area contributed by atoms with E-state index < -0.39 is 35.8 Å². The predicted octanol–water partition coefficient (Wildman–Crippen LogP) is 2.46. The predicted molar refractivity (Wildman–Crippen MR) is 75.3 cm³/mol. The Bertz CT molecular complexity index is 587. The van der Waals surface area contributed by atoms with E-state index in [0.29, 0.717) is 12.8 Å². The van der Waals surface area contributed by atoms with Gasteiger partial charge in [0, 0.05) is 0 Å². The topological polar surface area (TPSA) is 69.6 Å². The number of β-amino-alcohol motifs (C(OH)–C–C–N with tert-alkyl or cyclic N) is 1. The number of nitrogens with zero attached hydrogens (tertiary/aromatic N) is 1. The Hall–Kier alpha value is -2.09. The summed E-state index contributed by atoms with van der Waals surface area (Å²) in [6.07, 6.45) is -4.49. The maximum absolute atomic E-state index is 12.5. The number of nitrogens with one attached hydrogen (secondary N) is 1. The van der Waals surface area contributed by atoms with Crippen LogP contribution in [0.3, 0.4) is 0 Å². The van der Waals surface area contributed by atoms with Gasteiger partial charge in [-0.1, -0.05) is 25.5 Å². The van der Waals surface area contributed by atoms with Crippen molar-refractivity contribution >= 4 is 11.9 Å². The van der Waals surface area contributed by atoms with E-state index in [0.717, 1.165) is 29.2 Å². The van der Waals surface area contributed by atoms with Gasteiger partial charge >= 0.3 is 12.2 Å². The fourth-order valence-electron chi connectivity index (χ4n) is 2.41. The minimum absolute atomic E-state index is 0.206. The first-order chi connectivity index (χ1) is 10.7. The van der Waals surface area contributed by atoms with Crippen molar-refractivity contribution in [3.63, 3.8) is 0 Å². The van der Waals surface area contributed by atoms with Crippen molar-refractivity contribution in [3.8, 4) is 0 Å². The summed E-state index contributed by atoms with van der Waals surface area (Å²) < 4.78 is 37.5. The Morgan fingerprint density at radius 2 is 1.87 bits per heavy atom. The monoisotopic (exact) mass is 330 g/mol. The average molecular weight is 330 g/mol. The summed E-state index contributed by atoms with van der Waals surface area (Å²) in [5, 5.41) is 12.6. The van der Waals surface area contributed by atoms with Gasteiger partial charge in [0.25, 0.3) is 5.91 Å². The maximum Gasteiger partial charge on any atom is 0.416 e. The fourth-order valence-corrected chi connectivity index (χ4v) is 2.41. The SMILES string of the molecule is CCCC1NC(=O)N(CC(O)c2ccc(C(F)(F)F)cc2)C1=O. The molecule has 1 aliphatic heterocycles. The third kappa shape index (κ3) is 3.82. The van der Waals surface area contributed by atoms with Crippen LogP contribution in [0.15, 0.2) is 24.3 Å². The van der Waals surface area contributed by atoms with E-state index in [1.165, 1.54) is 0 Å². The first kappa shape index (κ1) is 17.3. The lowest BCUT2D eigenvalue weighted by Crippen LogP contribution is -2.35. The number of rotatable bonds is 5. The van der Waals surface area contributed by atoms with Crippen molar-refractivity contribution in [3.05, 3.63) is 35.4 Å². The Balaban J connectivity index is 2.05. The summed E-state index contributed by atoms with van der Waals surface area (Å²) >= 11 is 0. The van der Waals surface area contributed by atoms with Gasteiger partial charge in [-0.3, -0.25) is 9.69 Å². The second-order valence-corrected chi connectivity index (χ2v) is 5.38. The van der Waals surface area contributed by atoms with E-state index in [1.54, 1.807) is 0 Å². The second kappa shape index (κ2) is 6.57. The molecule has 1 fully saturated rings. The molecule has 0 aliphatic carbocycles. The third-order valence-electron chi connectivity index (χ3n) is 3.66. The summed E-state index contributed by atoms with van der Waals surface area (Å²) in [7, 11) is 0. The third-order valence-corrected chi connectivity index (χ3v) is 3.66. The Labute approximate surface area is 131 Å². The molecule has 0 spiro atoms. The van der Waals surface area contributed by atoms with Crippen molar-refractivity contribution in [2.24, 2.45) is 0 Å². The first-order valence-electron chi connectivity index (χ1n) is 7.21. The highest BCUT2D eigenvalue weighted by Crippen LogP contribution is 2.30. The highest BCUT2D eigenvalue weighted by molar-refractivity contribution is 6.04. The lowest BCUT2D eigenvalue weighted by atomic mass is 10.1. The molecule has 5 nitrogen and oxygen atoms in total. The van der Waals surface area contributed by atoms with Gasteiger partial charge in [-0.25, -0.2) is 4.79 Å². The Morgan fingerprint density at radius 1 is 1.26 bits per heavy atom. The minimum atomic E-state index is -4.46. The molecule has 1 saturated heterocycles. The molecule has 1 aromatic carbocycles. The number of imide groups is 1. The van der Waals surface area contributed by atoms with Gasteiger partial charge in [0.05, 0.1) is 18.2 Å². The van der Waals surface area contributed by atoms with Crippen LogP contribution < -0.4 is 5.32 Å². The van der Waals surface area contributed by atoms with E-state index in [4.69, 9.17) is 0 Å². The summed E-state index contributed by atoms with van der Waals surface area (Å²) in [5.41, 5.74) is -0.621. The molecule has 1 aromatic rings. The van der Waals surface area contributed by atoms with Crippen molar-refractivity contribution in [2.75, 3.05) is 6.54 Å². The summed E-state index contributed by atoms with van der Waals surface area (Å²) in [4.78, 5) is 24.7. The van der Waals surface area contributed by atoms with Gasteiger partial charge in [-0.2, -0.15) is 13.2 Å². The number of halogens is 3. The number of urea groups is 1. The minimum Gasteiger partial charge on any atom is -0.387 e. The van der Waals surface area contributed by atoms with Crippen LogP contribution in [0.1, 0.15) is 37.0 Å². The van der Waals surface area contributed by atoms with E-state index in [9.17, 15) is 27.9 Å². The van der Waals surface area contributed by atoms with Gasteiger partial charge < -0.3 is 10.4 Å². The van der Waals surface area contributed by atoms with Crippen molar-refractivity contribution in [1.82, 2.24) is 10.2 Å². The van der Waals surface area contributed by atoms with Gasteiger partial charge in [0.2, 0.25) is 0 Å². The molecule has 2 N–H and O–H groups in total. The quantitative estimate of drug-likeness (QED) is 0.815. The van der Waals surface area contributed by atoms with Crippen LogP contribution in [0.2, 0.25) is 0 Å². The number of amides is 3. The molecule has 0 aromatic heterocycles. The number of hydrogen-bond donors (Lipinski definition) is 2. The van der Waals surface area contributed by atoms with Crippen LogP contribution in [-0.4, -0.2) is 34.5 Å². The molecule has 126 valence electrons. The highest BCUT2D eigenvalue weighted by Gasteiger charge is 2.38. The molecule has 0 radical (unpaired) electrons. The van der Waals surface area contributed by atoms with Gasteiger partial charge in [0.15, 0.2) is 0 Å². The molecule has 2 atom stereocenters. The number of aliphatic hydroxyl groups is 1. The van der Waals surface area contributed by atoms with E-state index in [-0.39, 0.29) is 12.1 Å². The Kier molecular flexibility index (Phi) is 4.93. The zero-order valence-corrected chi connectivity index (χ0v) is 12.4. The maximum atomic E-state index is 12.5. The van der Waals surface area contributed by atoms with Crippen LogP contribution in [-0.2, 0) is 11.0 Å². The molecule has 1 heterocycles. The molecule has 2 unspecified atom stereocenters. The molecule has 8 heteroatoms. The van der Waals surface area contributed by atoms with Crippen LogP contribution in [0.5, 0.6) is 0 Å². The molecular formula is C15H17F3N2O3. The van der Waals surface area contributed by atoms with Crippen LogP contribution in [0.25, 0.3) is 0 Å². The van der Waals surface area contributed by atoms with Gasteiger partial charge in [-0.15, -0.1) is 0 Å². The van der Waals surface area contributed by atoms with Crippen LogP contribution in [0, 0.1) is 0 Å². The summed E-state index contributed by atoms with van der Waals surface area (Å²) in [6, 6.07) is 2.77. The van der Waals surface area contributed by atoms with Crippen molar-refractivity contribution in [2.45, 2.75) is 38.1 Å². The smallest absolute Gasteiger partial charge is 0.387 e. The molecule has 1 aliphatic rings. The molecule has 23 heavy (non-hydrogen) atoms. The number of carbonyl (C=O) groups excluding carboxylic acids is 2. The first-order valence-corrected chi connectivity index (χ1v) is 7.21.